The van der Waals surface area contributed by atoms with Gasteiger partial charge in [0.1, 0.15) is 0 Å². The van der Waals surface area contributed by atoms with Crippen molar-refractivity contribution in [2.45, 2.75) is 19.8 Å². The Labute approximate surface area is 112 Å². The summed E-state index contributed by atoms with van der Waals surface area (Å²) in [6.45, 7) is 5.96. The standard InChI is InChI=1S/C15H17NO3/c1-3-9-15(2)10-11-16(14(15)18)19-13(17)12-7-5-4-6-8-12/h3-8H,1,9-11H2,2H3/t15-/m1/s1. The van der Waals surface area contributed by atoms with E-state index in [1.54, 1.807) is 30.3 Å². The molecule has 0 aromatic heterocycles. The first-order valence-electron chi connectivity index (χ1n) is 6.27. The maximum atomic E-state index is 12.2. The molecule has 0 saturated carbocycles. The molecule has 1 amide bonds. The van der Waals surface area contributed by atoms with E-state index in [4.69, 9.17) is 4.84 Å². The second-order valence-electron chi connectivity index (χ2n) is 4.96. The third-order valence-corrected chi connectivity index (χ3v) is 3.41. The molecule has 1 heterocycles. The molecule has 1 aliphatic rings. The number of allylic oxidation sites excluding steroid dienone is 1. The number of hydrogen-bond acceptors (Lipinski definition) is 3. The lowest BCUT2D eigenvalue weighted by Crippen LogP contribution is -2.34. The van der Waals surface area contributed by atoms with E-state index in [0.717, 1.165) is 0 Å². The predicted octanol–water partition coefficient (Wildman–Crippen LogP) is 2.57. The Morgan fingerprint density at radius 2 is 2.16 bits per heavy atom. The molecule has 19 heavy (non-hydrogen) atoms. The normalized spacial score (nSPS) is 22.4. The Morgan fingerprint density at radius 1 is 1.47 bits per heavy atom. The van der Waals surface area contributed by atoms with E-state index in [0.29, 0.717) is 24.9 Å². The third kappa shape index (κ3) is 2.67. The molecule has 0 N–H and O–H groups in total. The van der Waals surface area contributed by atoms with E-state index < -0.39 is 11.4 Å². The molecule has 1 saturated heterocycles. The summed E-state index contributed by atoms with van der Waals surface area (Å²) in [7, 11) is 0. The highest BCUT2D eigenvalue weighted by molar-refractivity contribution is 5.91. The van der Waals surface area contributed by atoms with Crippen molar-refractivity contribution in [3.8, 4) is 0 Å². The van der Waals surface area contributed by atoms with E-state index >= 15 is 0 Å². The fraction of sp³-hybridized carbons (Fsp3) is 0.333. The summed E-state index contributed by atoms with van der Waals surface area (Å²) in [4.78, 5) is 29.2. The van der Waals surface area contributed by atoms with Crippen LogP contribution in [0.4, 0.5) is 0 Å². The van der Waals surface area contributed by atoms with Crippen LogP contribution < -0.4 is 0 Å². The molecule has 0 bridgehead atoms. The fourth-order valence-corrected chi connectivity index (χ4v) is 2.18. The monoisotopic (exact) mass is 259 g/mol. The van der Waals surface area contributed by atoms with Gasteiger partial charge >= 0.3 is 5.97 Å². The van der Waals surface area contributed by atoms with Gasteiger partial charge in [0.05, 0.1) is 17.5 Å². The minimum absolute atomic E-state index is 0.156. The first kappa shape index (κ1) is 13.3. The molecule has 0 unspecified atom stereocenters. The minimum atomic E-state index is -0.503. The summed E-state index contributed by atoms with van der Waals surface area (Å²) in [6, 6.07) is 8.64. The Bertz CT molecular complexity index is 497. The van der Waals surface area contributed by atoms with Gasteiger partial charge < -0.3 is 4.84 Å². The number of carbonyl (C=O) groups excluding carboxylic acids is 2. The Morgan fingerprint density at radius 3 is 2.79 bits per heavy atom. The molecule has 0 radical (unpaired) electrons. The minimum Gasteiger partial charge on any atom is -0.333 e. The molecule has 1 fully saturated rings. The molecule has 2 rings (SSSR count). The van der Waals surface area contributed by atoms with E-state index in [2.05, 4.69) is 6.58 Å². The number of hydrogen-bond donors (Lipinski definition) is 0. The number of nitrogens with zero attached hydrogens (tertiary/aromatic N) is 1. The number of amides is 1. The maximum Gasteiger partial charge on any atom is 0.363 e. The first-order valence-corrected chi connectivity index (χ1v) is 6.27. The largest absolute Gasteiger partial charge is 0.363 e. The molecule has 1 aliphatic heterocycles. The second kappa shape index (κ2) is 5.26. The van der Waals surface area contributed by atoms with Crippen LogP contribution in [0.2, 0.25) is 0 Å². The Balaban J connectivity index is 2.04. The molecule has 100 valence electrons. The highest BCUT2D eigenvalue weighted by Gasteiger charge is 2.43. The van der Waals surface area contributed by atoms with Gasteiger partial charge in [0.2, 0.25) is 0 Å². The Hall–Kier alpha value is -2.10. The summed E-state index contributed by atoms with van der Waals surface area (Å²) in [5.74, 6) is -0.659. The van der Waals surface area contributed by atoms with Gasteiger partial charge in [-0.1, -0.05) is 31.2 Å². The van der Waals surface area contributed by atoms with Crippen LogP contribution in [0.5, 0.6) is 0 Å². The van der Waals surface area contributed by atoms with Crippen LogP contribution in [-0.4, -0.2) is 23.5 Å². The van der Waals surface area contributed by atoms with E-state index in [1.165, 1.54) is 5.06 Å². The lowest BCUT2D eigenvalue weighted by molar-refractivity contribution is -0.165. The average Bonchev–Trinajstić information content (AvgIpc) is 2.69. The van der Waals surface area contributed by atoms with Gasteiger partial charge in [-0.05, 0) is 25.0 Å². The van der Waals surface area contributed by atoms with E-state index in [-0.39, 0.29) is 5.91 Å². The number of hydroxylamine groups is 2. The van der Waals surface area contributed by atoms with Gasteiger partial charge in [0.15, 0.2) is 0 Å². The van der Waals surface area contributed by atoms with Gasteiger partial charge in [-0.2, -0.15) is 5.06 Å². The zero-order chi connectivity index (χ0) is 13.9. The lowest BCUT2D eigenvalue weighted by atomic mass is 9.85. The molecule has 0 spiro atoms. The van der Waals surface area contributed by atoms with Gasteiger partial charge in [0, 0.05) is 0 Å². The van der Waals surface area contributed by atoms with Crippen LogP contribution in [-0.2, 0) is 9.63 Å². The fourth-order valence-electron chi connectivity index (χ4n) is 2.18. The first-order chi connectivity index (χ1) is 9.07. The van der Waals surface area contributed by atoms with E-state index in [9.17, 15) is 9.59 Å². The van der Waals surface area contributed by atoms with Gasteiger partial charge in [-0.3, -0.25) is 4.79 Å². The molecule has 1 aromatic rings. The average molecular weight is 259 g/mol. The number of carbonyl (C=O) groups is 2. The smallest absolute Gasteiger partial charge is 0.333 e. The van der Waals surface area contributed by atoms with Gasteiger partial charge in [-0.15, -0.1) is 6.58 Å². The summed E-state index contributed by atoms with van der Waals surface area (Å²) in [6.07, 6.45) is 2.98. The zero-order valence-corrected chi connectivity index (χ0v) is 11.0. The highest BCUT2D eigenvalue weighted by atomic mass is 16.7. The number of benzene rings is 1. The molecular weight excluding hydrogens is 242 g/mol. The Kier molecular flexibility index (Phi) is 3.69. The molecule has 0 aliphatic carbocycles. The number of rotatable bonds is 4. The van der Waals surface area contributed by atoms with Crippen molar-refractivity contribution >= 4 is 11.9 Å². The van der Waals surface area contributed by atoms with Crippen molar-refractivity contribution in [3.05, 3.63) is 48.6 Å². The van der Waals surface area contributed by atoms with Crippen molar-refractivity contribution in [2.75, 3.05) is 6.54 Å². The van der Waals surface area contributed by atoms with Crippen molar-refractivity contribution < 1.29 is 14.4 Å². The van der Waals surface area contributed by atoms with E-state index in [1.807, 2.05) is 13.0 Å². The molecule has 1 aromatic carbocycles. The SMILES string of the molecule is C=CC[C@]1(C)CCN(OC(=O)c2ccccc2)C1=O. The van der Waals surface area contributed by atoms with Crippen molar-refractivity contribution in [2.24, 2.45) is 5.41 Å². The van der Waals surface area contributed by atoms with Crippen LogP contribution in [0, 0.1) is 5.41 Å². The van der Waals surface area contributed by atoms with Crippen LogP contribution in [0.3, 0.4) is 0 Å². The van der Waals surface area contributed by atoms with Crippen molar-refractivity contribution in [1.82, 2.24) is 5.06 Å². The lowest BCUT2D eigenvalue weighted by Gasteiger charge is -2.20. The van der Waals surface area contributed by atoms with Crippen LogP contribution in [0.25, 0.3) is 0 Å². The quantitative estimate of drug-likeness (QED) is 0.781. The predicted molar refractivity (Wildman–Crippen MR) is 71.1 cm³/mol. The molecule has 1 atom stereocenters. The zero-order valence-electron chi connectivity index (χ0n) is 11.0. The summed E-state index contributed by atoms with van der Waals surface area (Å²) in [5, 5.41) is 1.17. The van der Waals surface area contributed by atoms with Gasteiger partial charge in [0.25, 0.3) is 5.91 Å². The second-order valence-corrected chi connectivity index (χ2v) is 4.96. The summed E-state index contributed by atoms with van der Waals surface area (Å²) in [5.41, 5.74) is -0.0637. The van der Waals surface area contributed by atoms with Crippen LogP contribution >= 0.6 is 0 Å². The maximum absolute atomic E-state index is 12.2. The summed E-state index contributed by atoms with van der Waals surface area (Å²) < 4.78 is 0. The van der Waals surface area contributed by atoms with Gasteiger partial charge in [-0.25, -0.2) is 4.79 Å². The molecular formula is C15H17NO3. The molecule has 4 heteroatoms. The highest BCUT2D eigenvalue weighted by Crippen LogP contribution is 2.35. The van der Waals surface area contributed by atoms with Crippen molar-refractivity contribution in [1.29, 1.82) is 0 Å². The molecule has 4 nitrogen and oxygen atoms in total. The van der Waals surface area contributed by atoms with Crippen molar-refractivity contribution in [3.63, 3.8) is 0 Å². The van der Waals surface area contributed by atoms with Crippen LogP contribution in [0.1, 0.15) is 30.1 Å². The van der Waals surface area contributed by atoms with Crippen LogP contribution in [0.15, 0.2) is 43.0 Å². The topological polar surface area (TPSA) is 46.6 Å². The third-order valence-electron chi connectivity index (χ3n) is 3.41. The summed E-state index contributed by atoms with van der Waals surface area (Å²) >= 11 is 0.